The van der Waals surface area contributed by atoms with Crippen LogP contribution in [0.3, 0.4) is 0 Å². The van der Waals surface area contributed by atoms with Crippen molar-refractivity contribution in [3.63, 3.8) is 0 Å². The van der Waals surface area contributed by atoms with Gasteiger partial charge in [-0.25, -0.2) is 8.42 Å². The summed E-state index contributed by atoms with van der Waals surface area (Å²) >= 11 is 6.02. The van der Waals surface area contributed by atoms with Gasteiger partial charge in [0, 0.05) is 37.7 Å². The van der Waals surface area contributed by atoms with E-state index < -0.39 is 10.0 Å². The van der Waals surface area contributed by atoms with Crippen LogP contribution >= 0.6 is 11.6 Å². The Labute approximate surface area is 155 Å². The third kappa shape index (κ3) is 4.61. The molecule has 0 N–H and O–H groups in total. The predicted molar refractivity (Wildman–Crippen MR) is 102 cm³/mol. The normalized spacial score (nSPS) is 16.9. The largest absolute Gasteiger partial charge is 0.300 e. The molecule has 0 aliphatic carbocycles. The van der Waals surface area contributed by atoms with Crippen LogP contribution in [-0.4, -0.2) is 50.3 Å². The van der Waals surface area contributed by atoms with Crippen LogP contribution in [0.4, 0.5) is 0 Å². The molecule has 134 valence electrons. The average Bonchev–Trinajstić information content (AvgIpc) is 2.60. The third-order valence-electron chi connectivity index (χ3n) is 4.56. The summed E-state index contributed by atoms with van der Waals surface area (Å²) in [4.78, 5) is 2.70. The maximum absolute atomic E-state index is 12.8. The Morgan fingerprint density at radius 3 is 2.40 bits per heavy atom. The number of nitrogens with zero attached hydrogens (tertiary/aromatic N) is 2. The van der Waals surface area contributed by atoms with Gasteiger partial charge in [-0.1, -0.05) is 35.9 Å². The third-order valence-corrected chi connectivity index (χ3v) is 6.69. The minimum absolute atomic E-state index is 0.389. The second kappa shape index (κ2) is 7.87. The van der Waals surface area contributed by atoms with Crippen LogP contribution in [0.15, 0.2) is 53.4 Å². The van der Waals surface area contributed by atoms with Gasteiger partial charge in [-0.3, -0.25) is 0 Å². The van der Waals surface area contributed by atoms with E-state index in [1.165, 1.54) is 5.56 Å². The molecule has 2 aromatic carbocycles. The molecule has 1 aliphatic heterocycles. The van der Waals surface area contributed by atoms with Gasteiger partial charge in [0.1, 0.15) is 0 Å². The van der Waals surface area contributed by atoms with Gasteiger partial charge in [-0.05, 0) is 48.7 Å². The first kappa shape index (κ1) is 18.4. The summed E-state index contributed by atoms with van der Waals surface area (Å²) in [5.74, 6) is 0. The molecule has 0 radical (unpaired) electrons. The van der Waals surface area contributed by atoms with Gasteiger partial charge in [0.2, 0.25) is 10.0 Å². The summed E-state index contributed by atoms with van der Waals surface area (Å²) in [5, 5.41) is 0.756. The predicted octanol–water partition coefficient (Wildman–Crippen LogP) is 3.20. The first-order valence-electron chi connectivity index (χ1n) is 8.49. The summed E-state index contributed by atoms with van der Waals surface area (Å²) < 4.78 is 27.1. The quantitative estimate of drug-likeness (QED) is 0.802. The van der Waals surface area contributed by atoms with Gasteiger partial charge < -0.3 is 4.90 Å². The summed E-state index contributed by atoms with van der Waals surface area (Å²) in [5.41, 5.74) is 2.17. The number of hydrogen-bond acceptors (Lipinski definition) is 3. The lowest BCUT2D eigenvalue weighted by atomic mass is 10.1. The van der Waals surface area contributed by atoms with Gasteiger partial charge in [-0.15, -0.1) is 0 Å². The van der Waals surface area contributed by atoms with Crippen LogP contribution in [0.5, 0.6) is 0 Å². The molecule has 6 heteroatoms. The summed E-state index contributed by atoms with van der Waals surface area (Å²) in [6.45, 7) is 5.40. The van der Waals surface area contributed by atoms with E-state index in [1.807, 2.05) is 31.2 Å². The fourth-order valence-electron chi connectivity index (χ4n) is 3.10. The SMILES string of the molecule is Cc1cccc(S(=O)(=O)N2CCN(CCc3cccc(Cl)c3)CC2)c1. The number of rotatable bonds is 5. The van der Waals surface area contributed by atoms with Crippen LogP contribution in [0.2, 0.25) is 5.02 Å². The van der Waals surface area contributed by atoms with Gasteiger partial charge in [-0.2, -0.15) is 4.31 Å². The van der Waals surface area contributed by atoms with E-state index in [1.54, 1.807) is 22.5 Å². The highest BCUT2D eigenvalue weighted by Crippen LogP contribution is 2.19. The van der Waals surface area contributed by atoms with Crippen molar-refractivity contribution >= 4 is 21.6 Å². The summed E-state index contributed by atoms with van der Waals surface area (Å²) in [6, 6.07) is 15.0. The van der Waals surface area contributed by atoms with Crippen LogP contribution in [0.1, 0.15) is 11.1 Å². The first-order chi connectivity index (χ1) is 11.9. The van der Waals surface area contributed by atoms with Gasteiger partial charge >= 0.3 is 0 Å². The van der Waals surface area contributed by atoms with Gasteiger partial charge in [0.05, 0.1) is 4.90 Å². The summed E-state index contributed by atoms with van der Waals surface area (Å²) in [7, 11) is -3.39. The minimum Gasteiger partial charge on any atom is -0.300 e. The lowest BCUT2D eigenvalue weighted by Gasteiger charge is -2.34. The maximum atomic E-state index is 12.8. The Balaban J connectivity index is 1.56. The lowest BCUT2D eigenvalue weighted by molar-refractivity contribution is 0.190. The molecule has 0 bridgehead atoms. The van der Waals surface area contributed by atoms with Gasteiger partial charge in [0.15, 0.2) is 0 Å². The van der Waals surface area contributed by atoms with Crippen LogP contribution in [0.25, 0.3) is 0 Å². The highest BCUT2D eigenvalue weighted by molar-refractivity contribution is 7.89. The molecule has 25 heavy (non-hydrogen) atoms. The van der Waals surface area contributed by atoms with Crippen molar-refractivity contribution in [3.8, 4) is 0 Å². The van der Waals surface area contributed by atoms with E-state index in [-0.39, 0.29) is 0 Å². The van der Waals surface area contributed by atoms with Gasteiger partial charge in [0.25, 0.3) is 0 Å². The zero-order chi connectivity index (χ0) is 17.9. The molecule has 0 spiro atoms. The Bertz CT molecular complexity index is 831. The fourth-order valence-corrected chi connectivity index (χ4v) is 4.84. The fraction of sp³-hybridized carbons (Fsp3) is 0.368. The van der Waals surface area contributed by atoms with Crippen molar-refractivity contribution in [2.75, 3.05) is 32.7 Å². The molecular formula is C19H23ClN2O2S. The highest BCUT2D eigenvalue weighted by Gasteiger charge is 2.28. The Morgan fingerprint density at radius 2 is 1.72 bits per heavy atom. The van der Waals surface area contributed by atoms with E-state index >= 15 is 0 Å². The molecule has 0 unspecified atom stereocenters. The Kier molecular flexibility index (Phi) is 5.79. The second-order valence-electron chi connectivity index (χ2n) is 6.44. The topological polar surface area (TPSA) is 40.6 Å². The molecule has 0 atom stereocenters. The molecule has 0 aromatic heterocycles. The zero-order valence-electron chi connectivity index (χ0n) is 14.4. The first-order valence-corrected chi connectivity index (χ1v) is 10.3. The second-order valence-corrected chi connectivity index (χ2v) is 8.82. The van der Waals surface area contributed by atoms with E-state index in [9.17, 15) is 8.42 Å². The lowest BCUT2D eigenvalue weighted by Crippen LogP contribution is -2.49. The van der Waals surface area contributed by atoms with Crippen molar-refractivity contribution in [2.45, 2.75) is 18.2 Å². The smallest absolute Gasteiger partial charge is 0.243 e. The number of halogens is 1. The average molecular weight is 379 g/mol. The molecule has 0 saturated carbocycles. The molecule has 1 heterocycles. The number of piperazine rings is 1. The molecule has 0 amide bonds. The number of aryl methyl sites for hydroxylation is 1. The van der Waals surface area contributed by atoms with Crippen LogP contribution < -0.4 is 0 Å². The maximum Gasteiger partial charge on any atom is 0.243 e. The van der Waals surface area contributed by atoms with E-state index in [2.05, 4.69) is 11.0 Å². The number of benzene rings is 2. The Hall–Kier alpha value is -1.40. The van der Waals surface area contributed by atoms with Crippen molar-refractivity contribution in [1.29, 1.82) is 0 Å². The van der Waals surface area contributed by atoms with Crippen LogP contribution in [-0.2, 0) is 16.4 Å². The van der Waals surface area contributed by atoms with Crippen molar-refractivity contribution < 1.29 is 8.42 Å². The van der Waals surface area contributed by atoms with E-state index in [0.29, 0.717) is 18.0 Å². The van der Waals surface area contributed by atoms with Crippen molar-refractivity contribution in [3.05, 3.63) is 64.7 Å². The van der Waals surface area contributed by atoms with E-state index in [4.69, 9.17) is 11.6 Å². The van der Waals surface area contributed by atoms with E-state index in [0.717, 1.165) is 36.6 Å². The molecule has 1 saturated heterocycles. The monoisotopic (exact) mass is 378 g/mol. The molecule has 1 aliphatic rings. The zero-order valence-corrected chi connectivity index (χ0v) is 15.9. The number of hydrogen-bond donors (Lipinski definition) is 0. The van der Waals surface area contributed by atoms with Crippen LogP contribution in [0, 0.1) is 6.92 Å². The molecule has 4 nitrogen and oxygen atoms in total. The number of sulfonamides is 1. The standard InChI is InChI=1S/C19H23ClN2O2S/c1-16-4-2-7-19(14-16)25(23,24)22-12-10-21(11-13-22)9-8-17-5-3-6-18(20)15-17/h2-7,14-15H,8-13H2,1H3. The minimum atomic E-state index is -3.39. The molecular weight excluding hydrogens is 356 g/mol. The summed E-state index contributed by atoms with van der Waals surface area (Å²) in [6.07, 6.45) is 0.922. The molecule has 2 aromatic rings. The van der Waals surface area contributed by atoms with Crippen molar-refractivity contribution in [1.82, 2.24) is 9.21 Å². The Morgan fingerprint density at radius 1 is 1.00 bits per heavy atom. The van der Waals surface area contributed by atoms with Crippen molar-refractivity contribution in [2.24, 2.45) is 0 Å². The molecule has 1 fully saturated rings. The molecule has 3 rings (SSSR count). The highest BCUT2D eigenvalue weighted by atomic mass is 35.5.